The van der Waals surface area contributed by atoms with Crippen LogP contribution >= 0.6 is 38.9 Å². The molecule has 0 atom stereocenters. The van der Waals surface area contributed by atoms with Crippen molar-refractivity contribution >= 4 is 38.9 Å². The number of benzene rings is 1. The second-order valence-electron chi connectivity index (χ2n) is 4.02. The number of halogens is 2. The number of aryl methyl sites for hydroxylation is 2. The molecule has 2 rings (SSSR count). The van der Waals surface area contributed by atoms with E-state index >= 15 is 0 Å². The molecule has 0 fully saturated rings. The van der Waals surface area contributed by atoms with E-state index in [4.69, 9.17) is 16.3 Å². The van der Waals surface area contributed by atoms with Crippen LogP contribution in [0.5, 0.6) is 5.75 Å². The van der Waals surface area contributed by atoms with Gasteiger partial charge >= 0.3 is 0 Å². The first-order valence-corrected chi connectivity index (χ1v) is 7.69. The van der Waals surface area contributed by atoms with Crippen LogP contribution < -0.4 is 4.74 Å². The Labute approximate surface area is 124 Å². The van der Waals surface area contributed by atoms with Crippen LogP contribution in [0.2, 0.25) is 0 Å². The molecule has 0 radical (unpaired) electrons. The predicted molar refractivity (Wildman–Crippen MR) is 79.6 cm³/mol. The van der Waals surface area contributed by atoms with Crippen molar-refractivity contribution in [2.75, 3.05) is 0 Å². The number of rotatable bonds is 4. The van der Waals surface area contributed by atoms with E-state index < -0.39 is 0 Å². The van der Waals surface area contributed by atoms with E-state index in [0.717, 1.165) is 32.1 Å². The molecule has 0 saturated heterocycles. The number of thiazole rings is 1. The van der Waals surface area contributed by atoms with E-state index in [0.29, 0.717) is 12.5 Å². The molecule has 0 spiro atoms. The molecule has 0 N–H and O–H groups in total. The summed E-state index contributed by atoms with van der Waals surface area (Å²) in [6.07, 6.45) is 0. The number of hydrogen-bond acceptors (Lipinski definition) is 3. The van der Waals surface area contributed by atoms with Gasteiger partial charge in [-0.1, -0.05) is 15.9 Å². The molecule has 18 heavy (non-hydrogen) atoms. The Kier molecular flexibility index (Phi) is 4.65. The van der Waals surface area contributed by atoms with Gasteiger partial charge in [-0.25, -0.2) is 4.98 Å². The van der Waals surface area contributed by atoms with Crippen LogP contribution in [0.3, 0.4) is 0 Å². The summed E-state index contributed by atoms with van der Waals surface area (Å²) in [5, 5.41) is 3.01. The lowest BCUT2D eigenvalue weighted by Crippen LogP contribution is -2.00. The average Bonchev–Trinajstić information content (AvgIpc) is 2.73. The zero-order valence-corrected chi connectivity index (χ0v) is 13.3. The van der Waals surface area contributed by atoms with E-state index in [9.17, 15) is 0 Å². The van der Waals surface area contributed by atoms with E-state index in [-0.39, 0.29) is 0 Å². The van der Waals surface area contributed by atoms with Gasteiger partial charge in [0.1, 0.15) is 17.4 Å². The number of alkyl halides is 1. The Morgan fingerprint density at radius 2 is 2.17 bits per heavy atom. The summed E-state index contributed by atoms with van der Waals surface area (Å²) in [7, 11) is 0. The maximum atomic E-state index is 5.95. The predicted octanol–water partition coefficient (Wildman–Crippen LogP) is 4.84. The van der Waals surface area contributed by atoms with Crippen molar-refractivity contribution in [1.29, 1.82) is 0 Å². The first kappa shape index (κ1) is 13.8. The van der Waals surface area contributed by atoms with Gasteiger partial charge in [-0.2, -0.15) is 0 Å². The first-order valence-electron chi connectivity index (χ1n) is 5.49. The van der Waals surface area contributed by atoms with Gasteiger partial charge in [0, 0.05) is 21.1 Å². The summed E-state index contributed by atoms with van der Waals surface area (Å²) in [6, 6.07) is 4.01. The van der Waals surface area contributed by atoms with Crippen molar-refractivity contribution in [2.24, 2.45) is 0 Å². The van der Waals surface area contributed by atoms with Crippen molar-refractivity contribution in [2.45, 2.75) is 26.3 Å². The molecule has 1 heterocycles. The molecular weight excluding hydrogens is 334 g/mol. The van der Waals surface area contributed by atoms with Crippen molar-refractivity contribution in [1.82, 2.24) is 4.98 Å². The van der Waals surface area contributed by atoms with E-state index in [2.05, 4.69) is 20.9 Å². The number of hydrogen-bond donors (Lipinski definition) is 0. The highest BCUT2D eigenvalue weighted by Crippen LogP contribution is 2.30. The van der Waals surface area contributed by atoms with E-state index in [1.807, 2.05) is 31.4 Å². The summed E-state index contributed by atoms with van der Waals surface area (Å²) >= 11 is 11.0. The summed E-state index contributed by atoms with van der Waals surface area (Å²) in [5.41, 5.74) is 3.11. The average molecular weight is 347 g/mol. The molecule has 5 heteroatoms. The quantitative estimate of drug-likeness (QED) is 0.739. The minimum absolute atomic E-state index is 0.437. The molecule has 0 unspecified atom stereocenters. The van der Waals surface area contributed by atoms with Crippen molar-refractivity contribution in [3.8, 4) is 5.75 Å². The Hall–Kier alpha value is -0.580. The fourth-order valence-electron chi connectivity index (χ4n) is 1.71. The highest BCUT2D eigenvalue weighted by atomic mass is 79.9. The third kappa shape index (κ3) is 3.25. The highest BCUT2D eigenvalue weighted by molar-refractivity contribution is 9.10. The second-order valence-corrected chi connectivity index (χ2v) is 6.14. The van der Waals surface area contributed by atoms with Gasteiger partial charge in [-0.15, -0.1) is 22.9 Å². The largest absolute Gasteiger partial charge is 0.486 e. The lowest BCUT2D eigenvalue weighted by molar-refractivity contribution is 0.301. The Balaban J connectivity index is 2.18. The van der Waals surface area contributed by atoms with Crippen LogP contribution in [-0.4, -0.2) is 4.98 Å². The first-order chi connectivity index (χ1) is 8.60. The fraction of sp³-hybridized carbons (Fsp3) is 0.308. The molecule has 0 bridgehead atoms. The normalized spacial score (nSPS) is 10.7. The van der Waals surface area contributed by atoms with Crippen LogP contribution in [0.4, 0.5) is 0 Å². The van der Waals surface area contributed by atoms with Crippen LogP contribution in [-0.2, 0) is 12.5 Å². The number of ether oxygens (including phenoxy) is 1. The lowest BCUT2D eigenvalue weighted by atomic mass is 10.1. The Bertz CT molecular complexity index is 556. The van der Waals surface area contributed by atoms with E-state index in [1.54, 1.807) is 11.3 Å². The maximum absolute atomic E-state index is 5.95. The zero-order valence-electron chi connectivity index (χ0n) is 10.2. The molecule has 0 aliphatic rings. The third-order valence-corrected chi connectivity index (χ3v) is 4.15. The number of nitrogens with zero attached hydrogens (tertiary/aromatic N) is 1. The third-order valence-electron chi connectivity index (χ3n) is 2.47. The van der Waals surface area contributed by atoms with Gasteiger partial charge < -0.3 is 4.74 Å². The summed E-state index contributed by atoms with van der Waals surface area (Å²) in [6.45, 7) is 4.49. The van der Waals surface area contributed by atoms with Gasteiger partial charge in [0.2, 0.25) is 0 Å². The highest BCUT2D eigenvalue weighted by Gasteiger charge is 2.09. The van der Waals surface area contributed by atoms with Gasteiger partial charge in [-0.3, -0.25) is 0 Å². The molecule has 0 aliphatic carbocycles. The smallest absolute Gasteiger partial charge is 0.140 e. The van der Waals surface area contributed by atoms with Gasteiger partial charge in [0.05, 0.1) is 5.88 Å². The standard InChI is InChI=1S/C13H13BrClNOS/c1-8-3-11(14)4-10(5-15)13(8)17-6-12-16-9(2)7-18-12/h3-4,7H,5-6H2,1-2H3. The lowest BCUT2D eigenvalue weighted by Gasteiger charge is -2.12. The van der Waals surface area contributed by atoms with Crippen molar-refractivity contribution in [3.63, 3.8) is 0 Å². The van der Waals surface area contributed by atoms with Crippen LogP contribution in [0.15, 0.2) is 22.0 Å². The monoisotopic (exact) mass is 345 g/mol. The van der Waals surface area contributed by atoms with Gasteiger partial charge in [0.25, 0.3) is 0 Å². The Morgan fingerprint density at radius 3 is 2.78 bits per heavy atom. The molecule has 96 valence electrons. The Morgan fingerprint density at radius 1 is 1.39 bits per heavy atom. The molecule has 2 nitrogen and oxygen atoms in total. The van der Waals surface area contributed by atoms with Crippen molar-refractivity contribution < 1.29 is 4.74 Å². The zero-order chi connectivity index (χ0) is 13.1. The minimum atomic E-state index is 0.437. The molecule has 1 aromatic heterocycles. The van der Waals surface area contributed by atoms with E-state index in [1.165, 1.54) is 0 Å². The van der Waals surface area contributed by atoms with Gasteiger partial charge in [0.15, 0.2) is 0 Å². The number of aromatic nitrogens is 1. The maximum Gasteiger partial charge on any atom is 0.140 e. The van der Waals surface area contributed by atoms with Crippen LogP contribution in [0.25, 0.3) is 0 Å². The molecule has 0 amide bonds. The second kappa shape index (κ2) is 6.04. The van der Waals surface area contributed by atoms with Crippen LogP contribution in [0, 0.1) is 13.8 Å². The molecular formula is C13H13BrClNOS. The topological polar surface area (TPSA) is 22.1 Å². The van der Waals surface area contributed by atoms with Gasteiger partial charge in [-0.05, 0) is 31.5 Å². The SMILES string of the molecule is Cc1csc(COc2c(C)cc(Br)cc2CCl)n1. The minimum Gasteiger partial charge on any atom is -0.486 e. The van der Waals surface area contributed by atoms with Crippen LogP contribution in [0.1, 0.15) is 21.8 Å². The molecule has 2 aromatic rings. The molecule has 1 aromatic carbocycles. The summed E-state index contributed by atoms with van der Waals surface area (Å²) in [4.78, 5) is 4.38. The molecule has 0 aliphatic heterocycles. The summed E-state index contributed by atoms with van der Waals surface area (Å²) < 4.78 is 6.88. The summed E-state index contributed by atoms with van der Waals surface area (Å²) in [5.74, 6) is 1.30. The van der Waals surface area contributed by atoms with Crippen molar-refractivity contribution in [3.05, 3.63) is 43.8 Å². The fourth-order valence-corrected chi connectivity index (χ4v) is 3.21. The molecule has 0 saturated carbocycles.